The summed E-state index contributed by atoms with van der Waals surface area (Å²) in [5.41, 5.74) is 47.0. The van der Waals surface area contributed by atoms with Gasteiger partial charge in [0.15, 0.2) is 59.7 Å². The summed E-state index contributed by atoms with van der Waals surface area (Å²) in [4.78, 5) is 199. The van der Waals surface area contributed by atoms with E-state index in [1.165, 1.54) is 20.1 Å². The zero-order valence-corrected chi connectivity index (χ0v) is 82.4. The maximum Gasteiger partial charge on any atom is 0.243 e. The number of fused-ring (bicyclic) bond motifs is 3. The number of methoxy groups -OCH3 is 1. The molecule has 810 valence electrons. The summed E-state index contributed by atoms with van der Waals surface area (Å²) in [6.45, 7) is 5.45. The number of unbranched alkanes of at least 4 members (excludes halogenated alkanes) is 1. The molecule has 0 aromatic heterocycles. The van der Waals surface area contributed by atoms with E-state index in [2.05, 4.69) is 97.0 Å². The first-order chi connectivity index (χ1) is 69.0. The fourth-order valence-corrected chi connectivity index (χ4v) is 16.9. The Morgan fingerprint density at radius 1 is 0.466 bits per heavy atom. The molecule has 10 amide bonds. The van der Waals surface area contributed by atoms with E-state index in [4.69, 9.17) is 109 Å². The van der Waals surface area contributed by atoms with E-state index in [1.807, 2.05) is 0 Å². The van der Waals surface area contributed by atoms with Crippen LogP contribution < -0.4 is 147 Å². The van der Waals surface area contributed by atoms with E-state index in [-0.39, 0.29) is 250 Å². The van der Waals surface area contributed by atoms with Gasteiger partial charge >= 0.3 is 0 Å². The number of phenols is 2. The monoisotopic (exact) mass is 2060 g/mol. The van der Waals surface area contributed by atoms with E-state index in [1.54, 1.807) is 12.1 Å². The second-order valence-corrected chi connectivity index (χ2v) is 35.8. The van der Waals surface area contributed by atoms with Crippen molar-refractivity contribution in [3.63, 3.8) is 0 Å². The van der Waals surface area contributed by atoms with Crippen LogP contribution in [0.25, 0.3) is 5.57 Å². The zero-order valence-electron chi connectivity index (χ0n) is 82.4. The van der Waals surface area contributed by atoms with Crippen LogP contribution in [0.3, 0.4) is 0 Å². The van der Waals surface area contributed by atoms with Crippen LogP contribution in [0.1, 0.15) is 219 Å². The van der Waals surface area contributed by atoms with Gasteiger partial charge in [-0.3, -0.25) is 110 Å². The van der Waals surface area contributed by atoms with Crippen molar-refractivity contribution in [2.45, 2.75) is 259 Å². The largest absolute Gasteiger partial charge is 0.507 e. The average molecular weight is 2060 g/mol. The number of guanidine groups is 8. The standard InChI is InChI=1S/C90H148N34O22/c1-44-51-17-7-26-61(144-4)66(51)71(132)68-65(44)70(131)52-41-90(143,63(129)43-125)42-62(67(52)72(68)133)146-64-40-48(69(130)45(2)145-64)39-50(128)28-27-49(127)38-47(16-8-30-109-82(92)93)74(135)119-54(20-10-32-111-84(96)97)75(136)108-29-6-5-18-56(120-79(140)58(23-13-35-114-87(102)103)121-76(137)55(117-46(3)126)21-11-33-112-85(98)99)78(139)123-59(24-14-36-115-88(104)105)81(142)124-60(25-15-37-116-89(106)107)80(141)122-57(22-12-34-113-86(100)101)77(138)118-53(73(91)134)19-9-31-110-83(94)95/h7,17,26,45,47-48,53-60,62,64,69,125,130-131,133,143H,1,5-6,8-16,18-25,27-43H2,2-4H3,(H2,91,134)(H,108,136)(H,117,126)(H,118,138)(H,119,135)(H,120,140)(H,121,137)(H,122,141)(H,123,139)(H,124,142)(H4,92,93,109)(H4,94,95,110)(H4,96,97,111)(H4,98,99,112)(H4,100,101,113)(H4,102,103,114)(H4,104,105,115)(H4,106,107,116)/t45?,47-,48?,53+,54+,55?,56?,57+,58?,59+,60+,62+,64?,69?,90-/m1/s1. The molecule has 0 spiro atoms. The fourth-order valence-electron chi connectivity index (χ4n) is 16.9. The third-order valence-corrected chi connectivity index (χ3v) is 24.4. The predicted octanol–water partition coefficient (Wildman–Crippen LogP) is -7.79. The van der Waals surface area contributed by atoms with Gasteiger partial charge in [0.05, 0.1) is 36.5 Å². The third-order valence-electron chi connectivity index (χ3n) is 24.4. The number of aliphatic hydroxyl groups is 3. The minimum absolute atomic E-state index is 0.000825. The van der Waals surface area contributed by atoms with Gasteiger partial charge in [-0.1, -0.05) is 18.7 Å². The molecule has 2 aromatic rings. The molecule has 0 saturated carbocycles. The number of benzene rings is 2. The summed E-state index contributed by atoms with van der Waals surface area (Å²) >= 11 is 0. The van der Waals surface area contributed by atoms with Crippen LogP contribution in [0.4, 0.5) is 0 Å². The molecular weight excluding hydrogens is 1910 g/mol. The number of carbonyl (C=O) groups excluding carboxylic acids is 14. The minimum atomic E-state index is -2.43. The molecule has 1 aliphatic heterocycles. The maximum absolute atomic E-state index is 15.3. The quantitative estimate of drug-likeness (QED) is 0.0108. The lowest BCUT2D eigenvalue weighted by Crippen LogP contribution is -2.60. The first-order valence-corrected chi connectivity index (χ1v) is 48.0. The molecular formula is C90H148N34O22. The lowest BCUT2D eigenvalue weighted by molar-refractivity contribution is -0.257. The topological polar surface area (TPSA) is 997 Å². The second kappa shape index (κ2) is 61.1. The highest BCUT2D eigenvalue weighted by Gasteiger charge is 2.51. The number of hydrogen-bond acceptors (Lipinski definition) is 30. The Labute approximate surface area is 843 Å². The Hall–Kier alpha value is -15.1. The van der Waals surface area contributed by atoms with Gasteiger partial charge in [-0.05, 0) is 152 Å². The summed E-state index contributed by atoms with van der Waals surface area (Å²) in [7, 11) is 1.33. The van der Waals surface area contributed by atoms with E-state index < -0.39 is 259 Å². The molecule has 2 aromatic carbocycles. The number of ether oxygens (including phenoxy) is 3. The average Bonchev–Trinajstić information content (AvgIpc) is 0.708. The van der Waals surface area contributed by atoms with Crippen LogP contribution in [0.2, 0.25) is 0 Å². The Morgan fingerprint density at radius 2 is 0.822 bits per heavy atom. The molecule has 2 aliphatic carbocycles. The van der Waals surface area contributed by atoms with Crippen molar-refractivity contribution in [2.24, 2.45) is 63.4 Å². The van der Waals surface area contributed by atoms with Crippen molar-refractivity contribution in [2.75, 3.05) is 72.6 Å². The molecule has 48 N–H and O–H groups in total. The number of aliphatic hydroxyl groups excluding tert-OH is 2. The number of primary amides is 1. The van der Waals surface area contributed by atoms with Gasteiger partial charge in [0.1, 0.15) is 89.4 Å². The van der Waals surface area contributed by atoms with Crippen LogP contribution in [0, 0.1) is 55.1 Å². The van der Waals surface area contributed by atoms with E-state index in [0.29, 0.717) is 0 Å². The molecule has 5 rings (SSSR count). The summed E-state index contributed by atoms with van der Waals surface area (Å²) in [5, 5.41) is 164. The van der Waals surface area contributed by atoms with Crippen molar-refractivity contribution >= 4 is 135 Å². The normalized spacial score (nSPS) is 17.7. The van der Waals surface area contributed by atoms with Crippen molar-refractivity contribution in [3.05, 3.63) is 58.2 Å². The van der Waals surface area contributed by atoms with Crippen molar-refractivity contribution in [1.29, 1.82) is 43.3 Å². The number of rotatable bonds is 66. The van der Waals surface area contributed by atoms with Crippen molar-refractivity contribution in [3.8, 4) is 17.2 Å². The highest BCUT2D eigenvalue weighted by Crippen LogP contribution is 2.55. The highest BCUT2D eigenvalue weighted by atomic mass is 16.7. The van der Waals surface area contributed by atoms with Gasteiger partial charge in [-0.15, -0.1) is 0 Å². The number of nitrogens with one attached hydrogen (secondary N) is 25. The number of phenolic OH excluding ortho intramolecular Hbond substituents is 2. The molecule has 1 saturated heterocycles. The molecule has 1 fully saturated rings. The highest BCUT2D eigenvalue weighted by molar-refractivity contribution is 6.22. The number of ketones is 4. The van der Waals surface area contributed by atoms with Gasteiger partial charge < -0.3 is 182 Å². The van der Waals surface area contributed by atoms with E-state index in [9.17, 15) is 78.3 Å². The summed E-state index contributed by atoms with van der Waals surface area (Å²) in [6, 6.07) is -7.33. The Morgan fingerprint density at radius 3 is 1.21 bits per heavy atom. The number of Topliss-reactive ketones (excluding diaryl/α,β-unsaturated/α-hetero) is 3. The number of carbonyl (C=O) groups is 14. The Bertz CT molecular complexity index is 5010. The van der Waals surface area contributed by atoms with Crippen molar-refractivity contribution < 1.29 is 107 Å². The number of aromatic hydroxyl groups is 2. The smallest absolute Gasteiger partial charge is 0.243 e. The molecule has 7 unspecified atom stereocenters. The van der Waals surface area contributed by atoms with Crippen LogP contribution in [-0.2, 0) is 78.2 Å². The third kappa shape index (κ3) is 40.6. The van der Waals surface area contributed by atoms with Gasteiger partial charge in [-0.2, -0.15) is 0 Å². The lowest BCUT2D eigenvalue weighted by Gasteiger charge is -2.43. The predicted molar refractivity (Wildman–Crippen MR) is 534 cm³/mol. The van der Waals surface area contributed by atoms with E-state index >= 15 is 14.4 Å². The molecule has 15 atom stereocenters. The van der Waals surface area contributed by atoms with Gasteiger partial charge in [0.25, 0.3) is 0 Å². The maximum atomic E-state index is 15.3. The summed E-state index contributed by atoms with van der Waals surface area (Å²) in [6.07, 6.45) is -9.77. The van der Waals surface area contributed by atoms with Gasteiger partial charge in [0.2, 0.25) is 64.9 Å². The fraction of sp³-hybridized carbons (Fsp3) is 0.600. The van der Waals surface area contributed by atoms with Crippen LogP contribution >= 0.6 is 0 Å². The number of hydrogen-bond donors (Lipinski definition) is 39. The van der Waals surface area contributed by atoms with E-state index in [0.717, 1.165) is 6.92 Å². The summed E-state index contributed by atoms with van der Waals surface area (Å²) in [5.74, 6) is -18.8. The first-order valence-electron chi connectivity index (χ1n) is 48.0. The van der Waals surface area contributed by atoms with Crippen LogP contribution in [0.5, 0.6) is 17.2 Å². The molecule has 0 bridgehead atoms. The molecule has 56 nitrogen and oxygen atoms in total. The molecule has 146 heavy (non-hydrogen) atoms. The summed E-state index contributed by atoms with van der Waals surface area (Å²) < 4.78 is 18.0. The molecule has 56 heteroatoms. The molecule has 1 heterocycles. The molecule has 0 radical (unpaired) electrons. The zero-order chi connectivity index (χ0) is 109. The SMILES string of the molecule is C=C1c2cccc(OC)c2C(=O)c2c(O)c3c(c(O)c21)C[C@](O)(C(=O)CO)C[C@@H]3OC1CC(CC(=O)CCC(=O)C[C@@H](CCCNC(=N)N)C(=O)N[C@@H](CCCNC(=N)N)C(=O)NCCCCC(NC(=O)C(CCCNC(=N)N)NC(=O)C(CCCNC(=N)N)NC(C)=O)C(=O)N[C@@H](CCCNC(=N)N)C(=O)N[C@@H](CCCNC(=N)N)C(=O)N[C@@H](CCCNC(=N)N)C(=O)N[C@@H](CCCNC(=N)N)C(N)=O)C(O)C(C)O1. The van der Waals surface area contributed by atoms with Gasteiger partial charge in [-0.25, -0.2) is 0 Å². The second-order valence-electron chi connectivity index (χ2n) is 35.8. The Balaban J connectivity index is 1.45. The Kier molecular flexibility index (Phi) is 50.8. The van der Waals surface area contributed by atoms with Gasteiger partial charge in [0, 0.05) is 133 Å². The minimum Gasteiger partial charge on any atom is -0.507 e. The van der Waals surface area contributed by atoms with Crippen LogP contribution in [-0.4, -0.2) is 300 Å². The first kappa shape index (κ1) is 121. The lowest BCUT2D eigenvalue weighted by atomic mass is 9.71. The van der Waals surface area contributed by atoms with Crippen molar-refractivity contribution in [1.82, 2.24) is 90.4 Å². The molecule has 3 aliphatic rings. The van der Waals surface area contributed by atoms with Crippen LogP contribution in [0.15, 0.2) is 24.8 Å². The number of amides is 10. The number of nitrogens with two attached hydrogens (primary N) is 9.